The number of ether oxygens (including phenoxy) is 4. The number of esters is 1. The van der Waals surface area contributed by atoms with Gasteiger partial charge in [-0.2, -0.15) is 24.9 Å². The summed E-state index contributed by atoms with van der Waals surface area (Å²) in [7, 11) is -10.2. The molecular weight excluding hydrogens is 578 g/mol. The highest BCUT2D eigenvalue weighted by molar-refractivity contribution is 8.45. The summed E-state index contributed by atoms with van der Waals surface area (Å²) in [6.07, 6.45) is -9.47. The molecule has 0 spiro atoms. The number of nitrogens with zero attached hydrogens (tertiary/aromatic N) is 1. The van der Waals surface area contributed by atoms with Gasteiger partial charge in [-0.25, -0.2) is 9.59 Å². The van der Waals surface area contributed by atoms with Crippen LogP contribution in [0.3, 0.4) is 0 Å². The molecule has 20 heteroatoms. The highest BCUT2D eigenvalue weighted by atomic mass is 32.5. The van der Waals surface area contributed by atoms with Crippen molar-refractivity contribution in [1.29, 1.82) is 0 Å². The van der Waals surface area contributed by atoms with Gasteiger partial charge in [0.25, 0.3) is 5.09 Å². The summed E-state index contributed by atoms with van der Waals surface area (Å²) in [6, 6.07) is -0.0673. The van der Waals surface area contributed by atoms with Gasteiger partial charge in [-0.15, -0.1) is 10.1 Å². The molecule has 2 rings (SSSR count). The van der Waals surface area contributed by atoms with E-state index in [0.29, 0.717) is 0 Å². The maximum absolute atomic E-state index is 13.4. The number of benzene rings is 1. The Hall–Kier alpha value is -3.16. The van der Waals surface area contributed by atoms with Crippen molar-refractivity contribution >= 4 is 40.2 Å². The third kappa shape index (κ3) is 9.34. The monoisotopic (exact) mass is 593 g/mol. The molecule has 1 aliphatic rings. The summed E-state index contributed by atoms with van der Waals surface area (Å²) in [5.74, 6) is -2.36. The zero-order valence-corrected chi connectivity index (χ0v) is 19.5. The van der Waals surface area contributed by atoms with Crippen LogP contribution in [0.2, 0.25) is 0 Å². The largest absolute Gasteiger partial charge is 0.511 e. The van der Waals surface area contributed by atoms with Crippen LogP contribution in [0.25, 0.3) is 6.08 Å². The Balaban J connectivity index is 2.00. The van der Waals surface area contributed by atoms with E-state index in [0.717, 1.165) is 11.8 Å². The number of rotatable bonds is 11. The second-order valence-corrected chi connectivity index (χ2v) is 10.4. The van der Waals surface area contributed by atoms with E-state index in [1.165, 1.54) is 0 Å². The molecular formula is C17H15F8NO9S2. The third-order valence-electron chi connectivity index (χ3n) is 4.04. The van der Waals surface area contributed by atoms with E-state index in [9.17, 15) is 52.3 Å². The molecule has 0 saturated carbocycles. The van der Waals surface area contributed by atoms with Gasteiger partial charge in [-0.05, 0) is 24.3 Å². The summed E-state index contributed by atoms with van der Waals surface area (Å²) in [6.45, 7) is -1.76. The van der Waals surface area contributed by atoms with Crippen molar-refractivity contribution in [2.45, 2.75) is 17.2 Å². The Morgan fingerprint density at radius 3 is 2.30 bits per heavy atom. The van der Waals surface area contributed by atoms with Crippen LogP contribution in [-0.2, 0) is 23.8 Å². The Morgan fingerprint density at radius 2 is 1.70 bits per heavy atom. The number of fused-ring (bicyclic) bond motifs is 1. The van der Waals surface area contributed by atoms with Crippen molar-refractivity contribution in [3.63, 3.8) is 0 Å². The fraction of sp³-hybridized carbons (Fsp3) is 0.412. The minimum absolute atomic E-state index is 0.147. The topological polar surface area (TPSA) is 123 Å². The van der Waals surface area contributed by atoms with Crippen molar-refractivity contribution < 1.29 is 71.1 Å². The lowest BCUT2D eigenvalue weighted by molar-refractivity contribution is -0.756. The van der Waals surface area contributed by atoms with Crippen LogP contribution in [-0.4, -0.2) is 61.0 Å². The van der Waals surface area contributed by atoms with Gasteiger partial charge in [-0.3, -0.25) is 0 Å². The molecule has 1 aromatic rings. The van der Waals surface area contributed by atoms with Gasteiger partial charge in [0.2, 0.25) is 12.9 Å². The lowest BCUT2D eigenvalue weighted by atomic mass is 10.0. The van der Waals surface area contributed by atoms with Gasteiger partial charge in [0, 0.05) is 17.1 Å². The van der Waals surface area contributed by atoms with Gasteiger partial charge in [0.05, 0.1) is 5.57 Å². The second kappa shape index (κ2) is 10.3. The Morgan fingerprint density at radius 1 is 1.05 bits per heavy atom. The number of carbonyl (C=O) groups excluding carboxylic acids is 2. The van der Waals surface area contributed by atoms with E-state index in [2.05, 4.69) is 23.8 Å². The SMILES string of the molecule is O=C(OCCSCCO[N+](=O)[O-])OCOC(=O)C1=Cc2cc(S(F)(F)(F)(F)F)ccc2OC1C(F)(F)F. The molecule has 10 nitrogen and oxygen atoms in total. The number of carbonyl (C=O) groups is 2. The summed E-state index contributed by atoms with van der Waals surface area (Å²) >= 11 is 1.09. The Labute approximate surface area is 205 Å². The molecule has 1 heterocycles. The quantitative estimate of drug-likeness (QED) is 0.0795. The molecule has 0 N–H and O–H groups in total. The van der Waals surface area contributed by atoms with Crippen LogP contribution in [0.1, 0.15) is 5.56 Å². The molecule has 210 valence electrons. The lowest BCUT2D eigenvalue weighted by Crippen LogP contribution is -2.41. The van der Waals surface area contributed by atoms with E-state index in [-0.39, 0.29) is 49.0 Å². The molecule has 1 aromatic carbocycles. The highest BCUT2D eigenvalue weighted by Gasteiger charge is 2.65. The van der Waals surface area contributed by atoms with Crippen molar-refractivity contribution in [3.05, 3.63) is 39.4 Å². The first-order chi connectivity index (χ1) is 16.8. The normalized spacial score (nSPS) is 17.2. The fourth-order valence-corrected chi connectivity index (χ4v) is 3.81. The molecule has 0 amide bonds. The van der Waals surface area contributed by atoms with E-state index in [1.807, 2.05) is 0 Å². The molecule has 0 radical (unpaired) electrons. The lowest BCUT2D eigenvalue weighted by Gasteiger charge is -2.41. The molecule has 1 unspecified atom stereocenters. The molecule has 0 aromatic heterocycles. The standard InChI is InChI=1S/C17H15F8NO9S2/c18-17(19,20)14-12(8-10-7-11(1-2-13(10)35-14)37(21,22,23,24)25)15(27)32-9-33-16(28)31-3-5-36-6-4-34-26(29)30/h1-2,7-8,14H,3-6,9H2. The van der Waals surface area contributed by atoms with Gasteiger partial charge < -0.3 is 23.8 Å². The maximum Gasteiger partial charge on any atom is 0.511 e. The first kappa shape index (κ1) is 30.1. The highest BCUT2D eigenvalue weighted by Crippen LogP contribution is 3.02. The Bertz CT molecular complexity index is 1080. The predicted octanol–water partition coefficient (Wildman–Crippen LogP) is 5.65. The molecule has 1 atom stereocenters. The summed E-state index contributed by atoms with van der Waals surface area (Å²) < 4.78 is 123. The van der Waals surface area contributed by atoms with E-state index < -0.39 is 68.3 Å². The van der Waals surface area contributed by atoms with Crippen LogP contribution in [0.5, 0.6) is 5.75 Å². The number of alkyl halides is 3. The van der Waals surface area contributed by atoms with Gasteiger partial charge in [0.1, 0.15) is 23.9 Å². The molecule has 0 bridgehead atoms. The van der Waals surface area contributed by atoms with E-state index in [1.54, 1.807) is 0 Å². The number of hydrogen-bond donors (Lipinski definition) is 0. The minimum Gasteiger partial charge on any atom is -0.475 e. The fourth-order valence-electron chi connectivity index (χ4n) is 2.54. The van der Waals surface area contributed by atoms with Crippen molar-refractivity contribution in [1.82, 2.24) is 0 Å². The van der Waals surface area contributed by atoms with Crippen LogP contribution >= 0.6 is 22.0 Å². The average molecular weight is 593 g/mol. The zero-order valence-electron chi connectivity index (χ0n) is 17.9. The van der Waals surface area contributed by atoms with Crippen molar-refractivity contribution in [2.24, 2.45) is 0 Å². The van der Waals surface area contributed by atoms with Crippen LogP contribution in [0.15, 0.2) is 28.7 Å². The third-order valence-corrected chi connectivity index (χ3v) is 6.09. The second-order valence-electron chi connectivity index (χ2n) is 6.77. The van der Waals surface area contributed by atoms with Gasteiger partial charge in [-0.1, -0.05) is 19.4 Å². The summed E-state index contributed by atoms with van der Waals surface area (Å²) in [4.78, 5) is 35.1. The molecule has 1 aliphatic heterocycles. The number of halogens is 8. The van der Waals surface area contributed by atoms with Crippen LogP contribution < -0.4 is 4.74 Å². The minimum atomic E-state index is -10.2. The van der Waals surface area contributed by atoms with E-state index >= 15 is 0 Å². The molecule has 37 heavy (non-hydrogen) atoms. The maximum atomic E-state index is 13.4. The summed E-state index contributed by atoms with van der Waals surface area (Å²) in [5.41, 5.74) is -2.30. The van der Waals surface area contributed by atoms with Crippen LogP contribution in [0, 0.1) is 10.1 Å². The summed E-state index contributed by atoms with van der Waals surface area (Å²) in [5, 5.41) is 8.94. The van der Waals surface area contributed by atoms with Crippen molar-refractivity contribution in [2.75, 3.05) is 31.5 Å². The smallest absolute Gasteiger partial charge is 0.475 e. The number of thioether (sulfide) groups is 1. The molecule has 0 saturated heterocycles. The number of hydrogen-bond acceptors (Lipinski definition) is 10. The van der Waals surface area contributed by atoms with Gasteiger partial charge >= 0.3 is 28.5 Å². The average Bonchev–Trinajstić information content (AvgIpc) is 2.74. The van der Waals surface area contributed by atoms with Gasteiger partial charge in [0.15, 0.2) is 0 Å². The van der Waals surface area contributed by atoms with Crippen LogP contribution in [0.4, 0.5) is 37.4 Å². The predicted molar refractivity (Wildman–Crippen MR) is 110 cm³/mol. The molecule has 0 fully saturated rings. The first-order valence-corrected chi connectivity index (χ1v) is 12.5. The zero-order chi connectivity index (χ0) is 28.1. The Kier molecular flexibility index (Phi) is 8.37. The van der Waals surface area contributed by atoms with E-state index in [4.69, 9.17) is 0 Å². The first-order valence-electron chi connectivity index (χ1n) is 9.43. The molecule has 0 aliphatic carbocycles. The van der Waals surface area contributed by atoms with Crippen molar-refractivity contribution in [3.8, 4) is 5.75 Å².